The van der Waals surface area contributed by atoms with Crippen molar-refractivity contribution in [1.82, 2.24) is 25.5 Å². The Kier molecular flexibility index (Phi) is 5.17. The Morgan fingerprint density at radius 2 is 2.25 bits per heavy atom. The number of hydrogen-bond donors (Lipinski definition) is 3. The van der Waals surface area contributed by atoms with Gasteiger partial charge in [-0.2, -0.15) is 5.10 Å². The predicted molar refractivity (Wildman–Crippen MR) is 93.9 cm³/mol. The molecule has 0 unspecified atom stereocenters. The summed E-state index contributed by atoms with van der Waals surface area (Å²) in [6.07, 6.45) is 2.47. The Labute approximate surface area is 143 Å². The largest absolute Gasteiger partial charge is 0.363 e. The highest BCUT2D eigenvalue weighted by atomic mass is 32.1. The molecule has 0 aliphatic heterocycles. The summed E-state index contributed by atoms with van der Waals surface area (Å²) in [5, 5.41) is 15.1. The van der Waals surface area contributed by atoms with E-state index in [9.17, 15) is 4.79 Å². The van der Waals surface area contributed by atoms with Gasteiger partial charge in [-0.25, -0.2) is 9.97 Å². The molecule has 0 atom stereocenters. The van der Waals surface area contributed by atoms with Crippen molar-refractivity contribution in [3.63, 3.8) is 0 Å². The predicted octanol–water partition coefficient (Wildman–Crippen LogP) is 2.68. The molecule has 3 aromatic rings. The standard InChI is InChI=1S/C16H18N6OS/c1-2-7-17-16(23)11-5-6-13(18-9-11)19-10-14-20-15(22-21-14)12-4-3-8-24-12/h3-6,8-9H,2,7,10H2,1H3,(H,17,23)(H,18,19)(H,20,21,22). The van der Waals surface area contributed by atoms with Crippen molar-refractivity contribution in [2.75, 3.05) is 11.9 Å². The van der Waals surface area contributed by atoms with E-state index in [0.717, 1.165) is 17.1 Å². The van der Waals surface area contributed by atoms with Crippen molar-refractivity contribution in [2.45, 2.75) is 19.9 Å². The molecule has 7 nitrogen and oxygen atoms in total. The lowest BCUT2D eigenvalue weighted by atomic mass is 10.2. The third-order valence-corrected chi connectivity index (χ3v) is 4.14. The van der Waals surface area contributed by atoms with E-state index in [-0.39, 0.29) is 5.91 Å². The molecule has 0 saturated heterocycles. The first-order valence-corrected chi connectivity index (χ1v) is 8.57. The third kappa shape index (κ3) is 3.96. The van der Waals surface area contributed by atoms with Crippen molar-refractivity contribution in [3.05, 3.63) is 47.2 Å². The zero-order chi connectivity index (χ0) is 16.8. The van der Waals surface area contributed by atoms with Crippen molar-refractivity contribution in [3.8, 4) is 10.7 Å². The monoisotopic (exact) mass is 342 g/mol. The van der Waals surface area contributed by atoms with Crippen LogP contribution in [0, 0.1) is 0 Å². The van der Waals surface area contributed by atoms with Crippen LogP contribution in [0.2, 0.25) is 0 Å². The Morgan fingerprint density at radius 1 is 1.33 bits per heavy atom. The minimum absolute atomic E-state index is 0.105. The van der Waals surface area contributed by atoms with E-state index in [0.29, 0.717) is 30.3 Å². The van der Waals surface area contributed by atoms with Gasteiger partial charge < -0.3 is 10.6 Å². The molecular formula is C16H18N6OS. The van der Waals surface area contributed by atoms with Gasteiger partial charge in [-0.15, -0.1) is 11.3 Å². The fraction of sp³-hybridized carbons (Fsp3) is 0.250. The molecular weight excluding hydrogens is 324 g/mol. The van der Waals surface area contributed by atoms with E-state index < -0.39 is 0 Å². The first-order valence-electron chi connectivity index (χ1n) is 7.69. The van der Waals surface area contributed by atoms with Crippen LogP contribution in [0.1, 0.15) is 29.5 Å². The third-order valence-electron chi connectivity index (χ3n) is 3.27. The first-order chi connectivity index (χ1) is 11.8. The van der Waals surface area contributed by atoms with Crippen LogP contribution in [-0.4, -0.2) is 32.6 Å². The van der Waals surface area contributed by atoms with Crippen LogP contribution in [0.15, 0.2) is 35.8 Å². The zero-order valence-corrected chi connectivity index (χ0v) is 14.1. The maximum Gasteiger partial charge on any atom is 0.252 e. The highest BCUT2D eigenvalue weighted by Crippen LogP contribution is 2.20. The summed E-state index contributed by atoms with van der Waals surface area (Å²) >= 11 is 1.60. The maximum absolute atomic E-state index is 11.8. The number of aromatic nitrogens is 4. The summed E-state index contributed by atoms with van der Waals surface area (Å²) < 4.78 is 0. The van der Waals surface area contributed by atoms with Crippen LogP contribution in [0.4, 0.5) is 5.82 Å². The molecule has 8 heteroatoms. The number of carbonyl (C=O) groups is 1. The molecule has 0 fully saturated rings. The maximum atomic E-state index is 11.8. The van der Waals surface area contributed by atoms with Gasteiger partial charge in [0.15, 0.2) is 5.82 Å². The lowest BCUT2D eigenvalue weighted by molar-refractivity contribution is 0.0953. The van der Waals surface area contributed by atoms with Crippen molar-refractivity contribution in [1.29, 1.82) is 0 Å². The Balaban J connectivity index is 1.56. The number of aromatic amines is 1. The van der Waals surface area contributed by atoms with Gasteiger partial charge in [0.25, 0.3) is 5.91 Å². The number of thiophene rings is 1. The van der Waals surface area contributed by atoms with Crippen LogP contribution in [0.3, 0.4) is 0 Å². The summed E-state index contributed by atoms with van der Waals surface area (Å²) in [7, 11) is 0. The molecule has 3 heterocycles. The van der Waals surface area contributed by atoms with Crippen LogP contribution in [-0.2, 0) is 6.54 Å². The SMILES string of the molecule is CCCNC(=O)c1ccc(NCc2nc(-c3cccs3)n[nH]2)nc1. The molecule has 0 saturated carbocycles. The topological polar surface area (TPSA) is 95.6 Å². The van der Waals surface area contributed by atoms with Gasteiger partial charge in [-0.05, 0) is 30.0 Å². The van der Waals surface area contributed by atoms with Crippen LogP contribution in [0.5, 0.6) is 0 Å². The number of nitrogens with zero attached hydrogens (tertiary/aromatic N) is 3. The van der Waals surface area contributed by atoms with Gasteiger partial charge in [0, 0.05) is 12.7 Å². The summed E-state index contributed by atoms with van der Waals surface area (Å²) in [6, 6.07) is 7.47. The molecule has 3 rings (SSSR count). The molecule has 0 bridgehead atoms. The molecule has 0 radical (unpaired) electrons. The van der Waals surface area contributed by atoms with E-state index >= 15 is 0 Å². The average Bonchev–Trinajstić information content (AvgIpc) is 3.29. The summed E-state index contributed by atoms with van der Waals surface area (Å²) in [5.74, 6) is 1.99. The highest BCUT2D eigenvalue weighted by Gasteiger charge is 2.08. The van der Waals surface area contributed by atoms with Crippen molar-refractivity contribution in [2.24, 2.45) is 0 Å². The lowest BCUT2D eigenvalue weighted by Gasteiger charge is -2.05. The van der Waals surface area contributed by atoms with E-state index in [1.165, 1.54) is 0 Å². The number of rotatable bonds is 7. The second kappa shape index (κ2) is 7.69. The molecule has 0 aliphatic rings. The molecule has 124 valence electrons. The molecule has 3 aromatic heterocycles. The summed E-state index contributed by atoms with van der Waals surface area (Å²) in [6.45, 7) is 3.16. The molecule has 0 aromatic carbocycles. The zero-order valence-electron chi connectivity index (χ0n) is 13.2. The Hall–Kier alpha value is -2.74. The fourth-order valence-electron chi connectivity index (χ4n) is 2.04. The van der Waals surface area contributed by atoms with E-state index in [1.807, 2.05) is 24.4 Å². The van der Waals surface area contributed by atoms with Gasteiger partial charge in [0.2, 0.25) is 0 Å². The first kappa shape index (κ1) is 16.1. The number of nitrogens with one attached hydrogen (secondary N) is 3. The molecule has 3 N–H and O–H groups in total. The Bertz CT molecular complexity index is 781. The van der Waals surface area contributed by atoms with E-state index in [4.69, 9.17) is 0 Å². The average molecular weight is 342 g/mol. The van der Waals surface area contributed by atoms with Gasteiger partial charge in [-0.3, -0.25) is 9.89 Å². The minimum Gasteiger partial charge on any atom is -0.363 e. The molecule has 1 amide bonds. The van der Waals surface area contributed by atoms with Gasteiger partial charge in [-0.1, -0.05) is 13.0 Å². The molecule has 0 spiro atoms. The van der Waals surface area contributed by atoms with Gasteiger partial charge in [0.1, 0.15) is 11.6 Å². The smallest absolute Gasteiger partial charge is 0.252 e. The second-order valence-corrected chi connectivity index (χ2v) is 6.07. The van der Waals surface area contributed by atoms with E-state index in [1.54, 1.807) is 29.7 Å². The van der Waals surface area contributed by atoms with Crippen molar-refractivity contribution >= 4 is 23.1 Å². The number of H-pyrrole nitrogens is 1. The molecule has 24 heavy (non-hydrogen) atoms. The fourth-order valence-corrected chi connectivity index (χ4v) is 2.70. The second-order valence-electron chi connectivity index (χ2n) is 5.12. The number of anilines is 1. The summed E-state index contributed by atoms with van der Waals surface area (Å²) in [4.78, 5) is 21.5. The Morgan fingerprint density at radius 3 is 2.96 bits per heavy atom. The van der Waals surface area contributed by atoms with Crippen LogP contribution < -0.4 is 10.6 Å². The van der Waals surface area contributed by atoms with E-state index in [2.05, 4.69) is 30.8 Å². The number of hydrogen-bond acceptors (Lipinski definition) is 6. The van der Waals surface area contributed by atoms with Gasteiger partial charge >= 0.3 is 0 Å². The van der Waals surface area contributed by atoms with Crippen LogP contribution >= 0.6 is 11.3 Å². The minimum atomic E-state index is -0.105. The van der Waals surface area contributed by atoms with Crippen LogP contribution in [0.25, 0.3) is 10.7 Å². The molecule has 0 aliphatic carbocycles. The van der Waals surface area contributed by atoms with Gasteiger partial charge in [0.05, 0.1) is 17.0 Å². The number of amides is 1. The quantitative estimate of drug-likeness (QED) is 0.613. The van der Waals surface area contributed by atoms with Crippen molar-refractivity contribution < 1.29 is 4.79 Å². The summed E-state index contributed by atoms with van der Waals surface area (Å²) in [5.41, 5.74) is 0.550. The highest BCUT2D eigenvalue weighted by molar-refractivity contribution is 7.13. The lowest BCUT2D eigenvalue weighted by Crippen LogP contribution is -2.24. The number of pyridine rings is 1. The number of carbonyl (C=O) groups excluding carboxylic acids is 1. The normalized spacial score (nSPS) is 10.5.